The van der Waals surface area contributed by atoms with Gasteiger partial charge in [0, 0.05) is 11.3 Å². The highest BCUT2D eigenvalue weighted by Gasteiger charge is 2.47. The third kappa shape index (κ3) is 3.88. The van der Waals surface area contributed by atoms with E-state index < -0.39 is 21.7 Å². The first-order chi connectivity index (χ1) is 16.8. The fraction of sp³-hybridized carbons (Fsp3) is 0.280. The summed E-state index contributed by atoms with van der Waals surface area (Å²) in [7, 11) is 0.406. The van der Waals surface area contributed by atoms with Crippen LogP contribution < -0.4 is 19.5 Å². The Morgan fingerprint density at radius 1 is 1.09 bits per heavy atom. The molecule has 10 heteroatoms. The van der Waals surface area contributed by atoms with Gasteiger partial charge in [-0.1, -0.05) is 18.2 Å². The van der Waals surface area contributed by atoms with Gasteiger partial charge in [-0.2, -0.15) is 5.26 Å². The van der Waals surface area contributed by atoms with E-state index in [1.165, 1.54) is 27.4 Å². The van der Waals surface area contributed by atoms with E-state index >= 15 is 0 Å². The van der Waals surface area contributed by atoms with E-state index in [0.717, 1.165) is 0 Å². The van der Waals surface area contributed by atoms with Crippen LogP contribution >= 0.6 is 0 Å². The van der Waals surface area contributed by atoms with Crippen molar-refractivity contribution in [1.82, 2.24) is 5.32 Å². The van der Waals surface area contributed by atoms with Crippen molar-refractivity contribution >= 4 is 21.5 Å². The lowest BCUT2D eigenvalue weighted by atomic mass is 9.85. The molecule has 2 heterocycles. The van der Waals surface area contributed by atoms with Gasteiger partial charge in [-0.25, -0.2) is 13.2 Å². The summed E-state index contributed by atoms with van der Waals surface area (Å²) < 4.78 is 49.2. The van der Waals surface area contributed by atoms with Gasteiger partial charge in [0.25, 0.3) is 0 Å². The summed E-state index contributed by atoms with van der Waals surface area (Å²) in [5.41, 5.74) is 1.93. The van der Waals surface area contributed by atoms with Crippen molar-refractivity contribution in [3.8, 4) is 23.3 Å². The quantitative estimate of drug-likeness (QED) is 0.454. The Hall–Kier alpha value is -3.97. The van der Waals surface area contributed by atoms with Gasteiger partial charge in [-0.3, -0.25) is 0 Å². The van der Waals surface area contributed by atoms with Crippen LogP contribution in [0.25, 0.3) is 5.70 Å². The zero-order valence-corrected chi connectivity index (χ0v) is 20.5. The maximum Gasteiger partial charge on any atom is 0.336 e. The van der Waals surface area contributed by atoms with Gasteiger partial charge >= 0.3 is 5.97 Å². The fourth-order valence-corrected chi connectivity index (χ4v) is 6.40. The van der Waals surface area contributed by atoms with Crippen molar-refractivity contribution < 1.29 is 32.2 Å². The summed E-state index contributed by atoms with van der Waals surface area (Å²) in [6.45, 7) is 1.57. The van der Waals surface area contributed by atoms with Crippen molar-refractivity contribution in [2.75, 3.05) is 27.9 Å². The molecule has 1 atom stereocenters. The molecule has 35 heavy (non-hydrogen) atoms. The van der Waals surface area contributed by atoms with E-state index in [2.05, 4.69) is 5.32 Å². The van der Waals surface area contributed by atoms with Crippen molar-refractivity contribution in [3.63, 3.8) is 0 Å². The van der Waals surface area contributed by atoms with Crippen LogP contribution in [0.3, 0.4) is 0 Å². The molecule has 9 nitrogen and oxygen atoms in total. The molecule has 0 saturated carbocycles. The summed E-state index contributed by atoms with van der Waals surface area (Å²) in [6, 6.07) is 11.8. The molecule has 0 aromatic heterocycles. The highest BCUT2D eigenvalue weighted by atomic mass is 32.2. The van der Waals surface area contributed by atoms with Crippen LogP contribution in [-0.2, 0) is 19.4 Å². The first kappa shape index (κ1) is 24.2. The number of nitrogens with zero attached hydrogens (tertiary/aromatic N) is 1. The van der Waals surface area contributed by atoms with Crippen molar-refractivity contribution in [3.05, 3.63) is 63.7 Å². The van der Waals surface area contributed by atoms with Crippen LogP contribution in [0, 0.1) is 11.3 Å². The second-order valence-corrected chi connectivity index (χ2v) is 9.72. The first-order valence-corrected chi connectivity index (χ1v) is 12.2. The Morgan fingerprint density at radius 3 is 2.34 bits per heavy atom. The minimum atomic E-state index is -3.96. The number of carbonyl (C=O) groups excluding carboxylic acids is 1. The van der Waals surface area contributed by atoms with Crippen LogP contribution in [0.15, 0.2) is 57.5 Å². The zero-order valence-electron chi connectivity index (χ0n) is 19.7. The van der Waals surface area contributed by atoms with E-state index in [-0.39, 0.29) is 28.4 Å². The summed E-state index contributed by atoms with van der Waals surface area (Å²) >= 11 is 0. The third-order valence-electron chi connectivity index (χ3n) is 5.94. The van der Waals surface area contributed by atoms with E-state index in [9.17, 15) is 13.2 Å². The molecule has 0 saturated heterocycles. The Morgan fingerprint density at radius 2 is 1.74 bits per heavy atom. The monoisotopic (exact) mass is 496 g/mol. The van der Waals surface area contributed by atoms with Crippen molar-refractivity contribution in [2.45, 2.75) is 24.2 Å². The molecule has 0 aliphatic carbocycles. The molecular formula is C25H24N2O7S. The largest absolute Gasteiger partial charge is 0.493 e. The maximum atomic E-state index is 13.8. The number of rotatable bonds is 7. The number of methoxy groups -OCH3 is 3. The minimum Gasteiger partial charge on any atom is -0.493 e. The molecule has 0 radical (unpaired) electrons. The predicted octanol–water partition coefficient (Wildman–Crippen LogP) is 3.29. The third-order valence-corrected chi connectivity index (χ3v) is 7.89. The molecule has 2 aliphatic rings. The number of allylic oxidation sites excluding steroid dienone is 2. The molecule has 0 unspecified atom stereocenters. The number of fused-ring (bicyclic) bond motifs is 2. The standard InChI is InChI=1S/C25H24N2O7S/c1-14-20(25(28)34-11-7-10-26)21(15-12-17(31-2)23(33-4)18(13-15)32-3)24-22(27-14)16-8-5-6-9-19(16)35(24,29)30/h5-6,8-9,12-13,21,27H,7,11H2,1-4H3/t21-/m0/s1. The normalized spacial score (nSPS) is 17.6. The predicted molar refractivity (Wildman–Crippen MR) is 126 cm³/mol. The molecule has 0 spiro atoms. The first-order valence-electron chi connectivity index (χ1n) is 10.7. The fourth-order valence-electron chi connectivity index (χ4n) is 4.45. The molecule has 0 bridgehead atoms. The van der Waals surface area contributed by atoms with Crippen LogP contribution in [0.2, 0.25) is 0 Å². The Balaban J connectivity index is 1.98. The molecule has 4 rings (SSSR count). The van der Waals surface area contributed by atoms with Crippen molar-refractivity contribution in [2.24, 2.45) is 0 Å². The van der Waals surface area contributed by atoms with Gasteiger partial charge < -0.3 is 24.3 Å². The summed E-state index contributed by atoms with van der Waals surface area (Å²) in [6.07, 6.45) is 0.0119. The van der Waals surface area contributed by atoms with E-state index in [1.807, 2.05) is 6.07 Å². The number of sulfone groups is 1. The van der Waals surface area contributed by atoms with Crippen LogP contribution in [0.4, 0.5) is 0 Å². The number of benzene rings is 2. The molecule has 0 fully saturated rings. The smallest absolute Gasteiger partial charge is 0.336 e. The number of carbonyl (C=O) groups is 1. The van der Waals surface area contributed by atoms with Crippen LogP contribution in [-0.4, -0.2) is 42.3 Å². The second kappa shape index (κ2) is 9.35. The van der Waals surface area contributed by atoms with E-state index in [1.54, 1.807) is 37.3 Å². The van der Waals surface area contributed by atoms with Crippen LogP contribution in [0.1, 0.15) is 30.4 Å². The average Bonchev–Trinajstić information content (AvgIpc) is 3.08. The van der Waals surface area contributed by atoms with Gasteiger partial charge in [0.15, 0.2) is 11.5 Å². The second-order valence-electron chi connectivity index (χ2n) is 7.84. The topological polar surface area (TPSA) is 124 Å². The summed E-state index contributed by atoms with van der Waals surface area (Å²) in [5.74, 6) is -0.789. The summed E-state index contributed by atoms with van der Waals surface area (Å²) in [4.78, 5) is 13.4. The number of hydrogen-bond acceptors (Lipinski definition) is 9. The van der Waals surface area contributed by atoms with E-state index in [4.69, 9.17) is 24.2 Å². The molecule has 2 aliphatic heterocycles. The zero-order chi connectivity index (χ0) is 25.3. The number of esters is 1. The van der Waals surface area contributed by atoms with Gasteiger partial charge in [0.05, 0.1) is 60.8 Å². The lowest BCUT2D eigenvalue weighted by Gasteiger charge is -2.29. The van der Waals surface area contributed by atoms with Gasteiger partial charge in [0.2, 0.25) is 15.6 Å². The number of nitrogens with one attached hydrogen (secondary N) is 1. The van der Waals surface area contributed by atoms with Crippen molar-refractivity contribution in [1.29, 1.82) is 5.26 Å². The maximum absolute atomic E-state index is 13.8. The number of dihydropyridines is 1. The van der Waals surface area contributed by atoms with Gasteiger partial charge in [-0.15, -0.1) is 0 Å². The molecule has 0 amide bonds. The van der Waals surface area contributed by atoms with E-state index in [0.29, 0.717) is 39.8 Å². The average molecular weight is 497 g/mol. The SMILES string of the molecule is COc1cc([C@H]2C(C(=O)OCCC#N)=C(C)NC3=C2S(=O)(=O)c2ccccc23)cc(OC)c1OC. The lowest BCUT2D eigenvalue weighted by molar-refractivity contribution is -0.139. The summed E-state index contributed by atoms with van der Waals surface area (Å²) in [5, 5.41) is 12.0. The molecule has 1 N–H and O–H groups in total. The highest BCUT2D eigenvalue weighted by molar-refractivity contribution is 7.96. The Kier molecular flexibility index (Phi) is 6.45. The number of ether oxygens (including phenoxy) is 4. The molecule has 2 aromatic rings. The van der Waals surface area contributed by atoms with Gasteiger partial charge in [0.1, 0.15) is 6.61 Å². The molecule has 2 aromatic carbocycles. The van der Waals surface area contributed by atoms with Gasteiger partial charge in [-0.05, 0) is 30.7 Å². The Bertz CT molecular complexity index is 1390. The number of nitriles is 1. The number of hydrogen-bond donors (Lipinski definition) is 1. The van der Waals surface area contributed by atoms with Crippen LogP contribution in [0.5, 0.6) is 17.2 Å². The molecule has 182 valence electrons. The Labute approximate surface area is 203 Å². The molecular weight excluding hydrogens is 472 g/mol. The lowest BCUT2D eigenvalue weighted by Crippen LogP contribution is -2.29. The minimum absolute atomic E-state index is 0.0119. The highest BCUT2D eigenvalue weighted by Crippen LogP contribution is 2.52.